The number of fused-ring (bicyclic) bond motifs is 2. The molecule has 0 aliphatic carbocycles. The van der Waals surface area contributed by atoms with Gasteiger partial charge in [-0.1, -0.05) is 18.2 Å². The van der Waals surface area contributed by atoms with Crippen LogP contribution in [0, 0.1) is 0 Å². The minimum absolute atomic E-state index is 0.129. The lowest BCUT2D eigenvalue weighted by atomic mass is 10.1. The molecule has 0 aromatic heterocycles. The second kappa shape index (κ2) is 8.31. The number of morpholine rings is 1. The Balaban J connectivity index is 1.36. The molecule has 1 fully saturated rings. The molecule has 3 aliphatic heterocycles. The van der Waals surface area contributed by atoms with Crippen molar-refractivity contribution in [2.24, 2.45) is 0 Å². The lowest BCUT2D eigenvalue weighted by Crippen LogP contribution is -2.53. The van der Waals surface area contributed by atoms with Crippen LogP contribution in [0.25, 0.3) is 6.08 Å². The van der Waals surface area contributed by atoms with E-state index in [0.29, 0.717) is 49.2 Å². The summed E-state index contributed by atoms with van der Waals surface area (Å²) in [5, 5.41) is 0. The zero-order valence-corrected chi connectivity index (χ0v) is 16.9. The average Bonchev–Trinajstić information content (AvgIpc) is 3.30. The molecular weight excluding hydrogens is 400 g/mol. The van der Waals surface area contributed by atoms with Gasteiger partial charge in [0, 0.05) is 19.2 Å². The van der Waals surface area contributed by atoms with Gasteiger partial charge in [0.2, 0.25) is 6.79 Å². The van der Waals surface area contributed by atoms with Crippen LogP contribution < -0.4 is 19.1 Å². The number of nitrogens with zero attached hydrogens (tertiary/aromatic N) is 2. The van der Waals surface area contributed by atoms with E-state index in [1.165, 1.54) is 6.08 Å². The van der Waals surface area contributed by atoms with Gasteiger partial charge in [0.25, 0.3) is 11.8 Å². The van der Waals surface area contributed by atoms with E-state index in [9.17, 15) is 9.59 Å². The largest absolute Gasteiger partial charge is 0.476 e. The highest BCUT2D eigenvalue weighted by atomic mass is 16.7. The van der Waals surface area contributed by atoms with E-state index >= 15 is 0 Å². The lowest BCUT2D eigenvalue weighted by molar-refractivity contribution is -0.142. The maximum absolute atomic E-state index is 13.1. The number of amides is 2. The molecule has 0 spiro atoms. The van der Waals surface area contributed by atoms with Crippen LogP contribution in [0.1, 0.15) is 5.56 Å². The number of rotatable bonds is 3. The second-order valence-corrected chi connectivity index (χ2v) is 7.41. The van der Waals surface area contributed by atoms with Gasteiger partial charge in [-0.2, -0.15) is 0 Å². The molecule has 0 saturated carbocycles. The van der Waals surface area contributed by atoms with Gasteiger partial charge in [-0.15, -0.1) is 0 Å². The quantitative estimate of drug-likeness (QED) is 0.705. The summed E-state index contributed by atoms with van der Waals surface area (Å²) in [5.41, 5.74) is 1.47. The molecule has 0 N–H and O–H groups in total. The summed E-state index contributed by atoms with van der Waals surface area (Å²) in [6, 6.07) is 12.7. The van der Waals surface area contributed by atoms with Crippen LogP contribution in [0.2, 0.25) is 0 Å². The number of carbonyl (C=O) groups is 2. The fourth-order valence-electron chi connectivity index (χ4n) is 3.83. The van der Waals surface area contributed by atoms with E-state index in [0.717, 1.165) is 5.56 Å². The number of hydrogen-bond donors (Lipinski definition) is 0. The summed E-state index contributed by atoms with van der Waals surface area (Å²) in [7, 11) is 0. The molecule has 2 amide bonds. The van der Waals surface area contributed by atoms with Crippen molar-refractivity contribution in [2.75, 3.05) is 44.5 Å². The summed E-state index contributed by atoms with van der Waals surface area (Å²) in [6.45, 7) is 2.42. The third-order valence-corrected chi connectivity index (χ3v) is 5.45. The van der Waals surface area contributed by atoms with Gasteiger partial charge in [-0.25, -0.2) is 0 Å². The van der Waals surface area contributed by atoms with Gasteiger partial charge in [0.1, 0.15) is 5.75 Å². The first-order valence-electron chi connectivity index (χ1n) is 10.2. The van der Waals surface area contributed by atoms with Crippen molar-refractivity contribution in [1.82, 2.24) is 4.90 Å². The molecule has 1 saturated heterocycles. The van der Waals surface area contributed by atoms with Crippen molar-refractivity contribution in [3.63, 3.8) is 0 Å². The van der Waals surface area contributed by atoms with Crippen molar-refractivity contribution in [3.8, 4) is 17.2 Å². The molecule has 3 aliphatic rings. The highest BCUT2D eigenvalue weighted by molar-refractivity contribution is 6.05. The number of carbonyl (C=O) groups excluding carboxylic acids is 2. The van der Waals surface area contributed by atoms with Gasteiger partial charge in [0.15, 0.2) is 17.6 Å². The first-order valence-corrected chi connectivity index (χ1v) is 10.2. The smallest absolute Gasteiger partial charge is 0.265 e. The van der Waals surface area contributed by atoms with Crippen LogP contribution in [0.5, 0.6) is 17.2 Å². The first-order chi connectivity index (χ1) is 15.2. The second-order valence-electron chi connectivity index (χ2n) is 7.41. The zero-order chi connectivity index (χ0) is 21.2. The van der Waals surface area contributed by atoms with E-state index in [1.807, 2.05) is 36.4 Å². The molecule has 2 aromatic rings. The van der Waals surface area contributed by atoms with Gasteiger partial charge >= 0.3 is 0 Å². The Hall–Kier alpha value is -3.52. The average molecular weight is 422 g/mol. The van der Waals surface area contributed by atoms with E-state index in [2.05, 4.69) is 0 Å². The summed E-state index contributed by atoms with van der Waals surface area (Å²) < 4.78 is 22.0. The molecule has 1 unspecified atom stereocenters. The Morgan fingerprint density at radius 2 is 1.77 bits per heavy atom. The van der Waals surface area contributed by atoms with Crippen LogP contribution in [0.15, 0.2) is 48.5 Å². The molecule has 160 valence electrons. The molecular formula is C23H22N2O6. The Morgan fingerprint density at radius 1 is 0.968 bits per heavy atom. The number of ether oxygens (including phenoxy) is 4. The molecule has 0 radical (unpaired) electrons. The molecule has 2 aromatic carbocycles. The molecule has 1 atom stereocenters. The molecule has 31 heavy (non-hydrogen) atoms. The Kier molecular flexibility index (Phi) is 5.21. The monoisotopic (exact) mass is 422 g/mol. The summed E-state index contributed by atoms with van der Waals surface area (Å²) in [4.78, 5) is 29.4. The van der Waals surface area contributed by atoms with Crippen LogP contribution in [0.4, 0.5) is 5.69 Å². The van der Waals surface area contributed by atoms with E-state index in [-0.39, 0.29) is 25.2 Å². The molecule has 8 nitrogen and oxygen atoms in total. The SMILES string of the molecule is O=C(C1CN(C(=O)C=Cc2ccc3c(c2)OCO3)c2ccccc2O1)N1CCOCC1. The minimum atomic E-state index is -0.754. The maximum Gasteiger partial charge on any atom is 0.265 e. The summed E-state index contributed by atoms with van der Waals surface area (Å²) in [5.74, 6) is 1.51. The summed E-state index contributed by atoms with van der Waals surface area (Å²) >= 11 is 0. The highest BCUT2D eigenvalue weighted by Crippen LogP contribution is 2.35. The Labute approximate surface area is 179 Å². The maximum atomic E-state index is 13.1. The number of hydrogen-bond acceptors (Lipinski definition) is 6. The fourth-order valence-corrected chi connectivity index (χ4v) is 3.83. The van der Waals surface area contributed by atoms with Gasteiger partial charge in [-0.3, -0.25) is 9.59 Å². The molecule has 5 rings (SSSR count). The van der Waals surface area contributed by atoms with Crippen molar-refractivity contribution in [1.29, 1.82) is 0 Å². The molecule has 3 heterocycles. The minimum Gasteiger partial charge on any atom is -0.476 e. The first kappa shape index (κ1) is 19.4. The van der Waals surface area contributed by atoms with Crippen molar-refractivity contribution in [3.05, 3.63) is 54.1 Å². The van der Waals surface area contributed by atoms with Crippen LogP contribution in [0.3, 0.4) is 0 Å². The van der Waals surface area contributed by atoms with Crippen LogP contribution in [-0.4, -0.2) is 62.5 Å². The van der Waals surface area contributed by atoms with Crippen molar-refractivity contribution >= 4 is 23.6 Å². The predicted octanol–water partition coefficient (Wildman–Crippen LogP) is 2.08. The van der Waals surface area contributed by atoms with E-state index < -0.39 is 6.10 Å². The summed E-state index contributed by atoms with van der Waals surface area (Å²) in [6.07, 6.45) is 2.47. The van der Waals surface area contributed by atoms with Gasteiger partial charge in [0.05, 0.1) is 25.4 Å². The molecule has 8 heteroatoms. The zero-order valence-electron chi connectivity index (χ0n) is 16.9. The van der Waals surface area contributed by atoms with E-state index in [1.54, 1.807) is 21.9 Å². The highest BCUT2D eigenvalue weighted by Gasteiger charge is 2.35. The fraction of sp³-hybridized carbons (Fsp3) is 0.304. The van der Waals surface area contributed by atoms with E-state index in [4.69, 9.17) is 18.9 Å². The molecule has 0 bridgehead atoms. The van der Waals surface area contributed by atoms with Crippen LogP contribution in [-0.2, 0) is 14.3 Å². The number of anilines is 1. The van der Waals surface area contributed by atoms with Gasteiger partial charge < -0.3 is 28.7 Å². The topological polar surface area (TPSA) is 77.5 Å². The standard InChI is InChI=1S/C23H22N2O6/c26-22(8-6-16-5-7-19-20(13-16)30-15-29-19)25-14-21(23(27)24-9-11-28-12-10-24)31-18-4-2-1-3-17(18)25/h1-8,13,21H,9-12,14-15H2. The Bertz CT molecular complexity index is 1030. The third kappa shape index (κ3) is 3.94. The Morgan fingerprint density at radius 3 is 2.65 bits per heavy atom. The van der Waals surface area contributed by atoms with Crippen molar-refractivity contribution in [2.45, 2.75) is 6.10 Å². The lowest BCUT2D eigenvalue weighted by Gasteiger charge is -2.37. The predicted molar refractivity (Wildman–Crippen MR) is 112 cm³/mol. The normalized spacial score (nSPS) is 19.8. The number of para-hydroxylation sites is 2. The van der Waals surface area contributed by atoms with Crippen molar-refractivity contribution < 1.29 is 28.5 Å². The third-order valence-electron chi connectivity index (χ3n) is 5.45. The number of benzene rings is 2. The van der Waals surface area contributed by atoms with Crippen LogP contribution >= 0.6 is 0 Å². The van der Waals surface area contributed by atoms with Gasteiger partial charge in [-0.05, 0) is 35.9 Å².